The normalized spacial score (nSPS) is 17.2. The van der Waals surface area contributed by atoms with Gasteiger partial charge >= 0.3 is 0 Å². The van der Waals surface area contributed by atoms with Crippen molar-refractivity contribution < 1.29 is 23.8 Å². The highest BCUT2D eigenvalue weighted by Gasteiger charge is 2.44. The Bertz CT molecular complexity index is 820. The molecule has 0 spiro atoms. The fraction of sp³-hybridized carbons (Fsp3) is 0.300. The van der Waals surface area contributed by atoms with Crippen LogP contribution in [-0.2, 0) is 9.53 Å². The van der Waals surface area contributed by atoms with Crippen LogP contribution in [0.3, 0.4) is 0 Å². The van der Waals surface area contributed by atoms with Gasteiger partial charge in [0.2, 0.25) is 5.78 Å². The molecule has 0 radical (unpaired) electrons. The number of nitrogens with zero attached hydrogens (tertiary/aromatic N) is 1. The molecule has 1 aromatic heterocycles. The van der Waals surface area contributed by atoms with Crippen molar-refractivity contribution in [1.29, 1.82) is 0 Å². The van der Waals surface area contributed by atoms with Crippen molar-refractivity contribution in [2.24, 2.45) is 0 Å². The molecule has 1 atom stereocenters. The monoisotopic (exact) mass is 355 g/mol. The van der Waals surface area contributed by atoms with Gasteiger partial charge in [0, 0.05) is 20.3 Å². The number of amides is 1. The van der Waals surface area contributed by atoms with Gasteiger partial charge in [-0.15, -0.1) is 0 Å². The van der Waals surface area contributed by atoms with Gasteiger partial charge in [-0.05, 0) is 31.0 Å². The summed E-state index contributed by atoms with van der Waals surface area (Å²) in [5.41, 5.74) is 1.88. The van der Waals surface area contributed by atoms with E-state index in [-0.39, 0.29) is 11.3 Å². The predicted molar refractivity (Wildman–Crippen MR) is 94.8 cm³/mol. The molecule has 0 bridgehead atoms. The average Bonchev–Trinajstić information content (AvgIpc) is 3.25. The molecule has 1 amide bonds. The maximum absolute atomic E-state index is 12.9. The number of carbonyl (C=O) groups is 2. The molecule has 6 heteroatoms. The maximum Gasteiger partial charge on any atom is 0.290 e. The molecule has 136 valence electrons. The van der Waals surface area contributed by atoms with E-state index in [1.807, 2.05) is 31.2 Å². The highest BCUT2D eigenvalue weighted by Crippen LogP contribution is 2.39. The number of methoxy groups -OCH3 is 1. The third-order valence-corrected chi connectivity index (χ3v) is 4.43. The van der Waals surface area contributed by atoms with Crippen LogP contribution in [-0.4, -0.2) is 42.0 Å². The van der Waals surface area contributed by atoms with Crippen LogP contribution in [0.15, 0.2) is 58.4 Å². The second-order valence-electron chi connectivity index (χ2n) is 6.23. The molecule has 26 heavy (non-hydrogen) atoms. The number of aliphatic hydroxyl groups excluding tert-OH is 1. The number of hydrogen-bond acceptors (Lipinski definition) is 5. The zero-order chi connectivity index (χ0) is 18.7. The van der Waals surface area contributed by atoms with E-state index in [0.717, 1.165) is 11.1 Å². The third-order valence-electron chi connectivity index (χ3n) is 4.43. The Morgan fingerprint density at radius 2 is 2.00 bits per heavy atom. The minimum atomic E-state index is -0.655. The van der Waals surface area contributed by atoms with E-state index >= 15 is 0 Å². The van der Waals surface area contributed by atoms with Crippen molar-refractivity contribution in [1.82, 2.24) is 4.90 Å². The molecule has 2 heterocycles. The van der Waals surface area contributed by atoms with E-state index in [9.17, 15) is 14.7 Å². The third kappa shape index (κ3) is 3.28. The molecule has 2 aromatic rings. The van der Waals surface area contributed by atoms with Crippen molar-refractivity contribution in [3.8, 4) is 0 Å². The Morgan fingerprint density at radius 3 is 2.62 bits per heavy atom. The first-order valence-corrected chi connectivity index (χ1v) is 8.42. The second-order valence-corrected chi connectivity index (χ2v) is 6.23. The fourth-order valence-corrected chi connectivity index (χ4v) is 3.13. The van der Waals surface area contributed by atoms with Crippen LogP contribution in [0.25, 0.3) is 0 Å². The summed E-state index contributed by atoms with van der Waals surface area (Å²) in [7, 11) is 1.59. The molecular weight excluding hydrogens is 334 g/mol. The molecule has 1 aliphatic heterocycles. The Hall–Kier alpha value is -2.86. The van der Waals surface area contributed by atoms with Crippen LogP contribution in [0.2, 0.25) is 0 Å². The first-order chi connectivity index (χ1) is 12.5. The van der Waals surface area contributed by atoms with Crippen LogP contribution in [0.5, 0.6) is 0 Å². The van der Waals surface area contributed by atoms with Crippen molar-refractivity contribution >= 4 is 11.7 Å². The van der Waals surface area contributed by atoms with Gasteiger partial charge < -0.3 is 19.2 Å². The lowest BCUT2D eigenvalue weighted by molar-refractivity contribution is -0.129. The molecule has 1 aliphatic rings. The summed E-state index contributed by atoms with van der Waals surface area (Å²) in [4.78, 5) is 27.0. The lowest BCUT2D eigenvalue weighted by Gasteiger charge is -2.26. The minimum absolute atomic E-state index is 0.0474. The lowest BCUT2D eigenvalue weighted by Crippen LogP contribution is -2.32. The highest BCUT2D eigenvalue weighted by molar-refractivity contribution is 6.14. The van der Waals surface area contributed by atoms with Crippen LogP contribution in [0, 0.1) is 6.92 Å². The number of aliphatic hydroxyl groups is 1. The number of ether oxygens (including phenoxy) is 1. The molecule has 0 saturated carbocycles. The SMILES string of the molecule is COCCCN1C(=O)C(O)=C(C(=O)c2ccco2)[C@H]1c1ccc(C)cc1. The standard InChI is InChI=1S/C20H21NO5/c1-13-6-8-14(9-7-13)17-16(18(22)15-5-3-12-26-15)19(23)20(24)21(17)10-4-11-25-2/h3,5-9,12,17,23H,4,10-11H2,1-2H3/t17-/m1/s1. The number of Topliss-reactive ketones (excluding diaryl/α,β-unsaturated/α-hetero) is 1. The van der Waals surface area contributed by atoms with Gasteiger partial charge in [-0.2, -0.15) is 0 Å². The molecule has 1 N–H and O–H groups in total. The largest absolute Gasteiger partial charge is 0.503 e. The Morgan fingerprint density at radius 1 is 1.27 bits per heavy atom. The molecule has 0 fully saturated rings. The second kappa shape index (κ2) is 7.58. The first-order valence-electron chi connectivity index (χ1n) is 8.42. The molecule has 6 nitrogen and oxygen atoms in total. The van der Waals surface area contributed by atoms with Gasteiger partial charge in [0.05, 0.1) is 17.9 Å². The van der Waals surface area contributed by atoms with Crippen LogP contribution in [0.1, 0.15) is 34.1 Å². The molecule has 0 aliphatic carbocycles. The van der Waals surface area contributed by atoms with E-state index in [4.69, 9.17) is 9.15 Å². The number of hydrogen-bond donors (Lipinski definition) is 1. The van der Waals surface area contributed by atoms with Crippen LogP contribution >= 0.6 is 0 Å². The number of ketones is 1. The molecule has 1 aromatic carbocycles. The van der Waals surface area contributed by atoms with Crippen LogP contribution < -0.4 is 0 Å². The summed E-state index contributed by atoms with van der Waals surface area (Å²) >= 11 is 0. The van der Waals surface area contributed by atoms with E-state index in [0.29, 0.717) is 19.6 Å². The van der Waals surface area contributed by atoms with E-state index in [1.54, 1.807) is 13.2 Å². The van der Waals surface area contributed by atoms with Gasteiger partial charge in [-0.3, -0.25) is 9.59 Å². The van der Waals surface area contributed by atoms with Crippen molar-refractivity contribution in [2.45, 2.75) is 19.4 Å². The van der Waals surface area contributed by atoms with Gasteiger partial charge in [0.1, 0.15) is 0 Å². The van der Waals surface area contributed by atoms with Gasteiger partial charge in [-0.25, -0.2) is 0 Å². The Labute approximate surface area is 151 Å². The molecule has 3 rings (SSSR count). The molecule has 0 saturated heterocycles. The van der Waals surface area contributed by atoms with Gasteiger partial charge in [0.15, 0.2) is 11.5 Å². The van der Waals surface area contributed by atoms with Crippen molar-refractivity contribution in [3.63, 3.8) is 0 Å². The number of furan rings is 1. The predicted octanol–water partition coefficient (Wildman–Crippen LogP) is 3.20. The lowest BCUT2D eigenvalue weighted by atomic mass is 9.94. The number of rotatable bonds is 7. The van der Waals surface area contributed by atoms with E-state index in [1.165, 1.54) is 17.2 Å². The number of carbonyl (C=O) groups excluding carboxylic acids is 2. The summed E-state index contributed by atoms with van der Waals surface area (Å²) in [6.07, 6.45) is 1.99. The molecule has 0 unspecified atom stereocenters. The summed E-state index contributed by atoms with van der Waals surface area (Å²) in [5.74, 6) is -1.47. The number of aryl methyl sites for hydroxylation is 1. The van der Waals surface area contributed by atoms with Gasteiger partial charge in [-0.1, -0.05) is 29.8 Å². The summed E-state index contributed by atoms with van der Waals surface area (Å²) in [6.45, 7) is 2.80. The van der Waals surface area contributed by atoms with Crippen molar-refractivity contribution in [2.75, 3.05) is 20.3 Å². The minimum Gasteiger partial charge on any atom is -0.503 e. The Kier molecular flexibility index (Phi) is 5.23. The highest BCUT2D eigenvalue weighted by atomic mass is 16.5. The fourth-order valence-electron chi connectivity index (χ4n) is 3.13. The summed E-state index contributed by atoms with van der Waals surface area (Å²) < 4.78 is 10.2. The van der Waals surface area contributed by atoms with Gasteiger partial charge in [0.25, 0.3) is 5.91 Å². The smallest absolute Gasteiger partial charge is 0.290 e. The van der Waals surface area contributed by atoms with Crippen molar-refractivity contribution in [3.05, 3.63) is 70.9 Å². The first kappa shape index (κ1) is 17.9. The van der Waals surface area contributed by atoms with Crippen LogP contribution in [0.4, 0.5) is 0 Å². The Balaban J connectivity index is 2.02. The quantitative estimate of drug-likeness (QED) is 0.609. The number of benzene rings is 1. The average molecular weight is 355 g/mol. The zero-order valence-corrected chi connectivity index (χ0v) is 14.8. The maximum atomic E-state index is 12.9. The summed E-state index contributed by atoms with van der Waals surface area (Å²) in [5, 5.41) is 10.4. The summed E-state index contributed by atoms with van der Waals surface area (Å²) in [6, 6.07) is 10.0. The molecular formula is C20H21NO5. The zero-order valence-electron chi connectivity index (χ0n) is 14.8. The topological polar surface area (TPSA) is 80.0 Å². The van der Waals surface area contributed by atoms with E-state index < -0.39 is 23.5 Å². The van der Waals surface area contributed by atoms with E-state index in [2.05, 4.69) is 0 Å².